The number of piperazine rings is 1. The molecule has 1 N–H and O–H groups in total. The fourth-order valence-corrected chi connectivity index (χ4v) is 5.05. The van der Waals surface area contributed by atoms with Crippen LogP contribution in [0, 0.1) is 0 Å². The molecule has 0 saturated carbocycles. The predicted octanol–water partition coefficient (Wildman–Crippen LogP) is 2.54. The van der Waals surface area contributed by atoms with E-state index in [-0.39, 0.29) is 38.0 Å². The van der Waals surface area contributed by atoms with Gasteiger partial charge in [-0.25, -0.2) is 8.42 Å². The van der Waals surface area contributed by atoms with E-state index in [0.717, 1.165) is 15.4 Å². The lowest BCUT2D eigenvalue weighted by Crippen LogP contribution is -2.69. The van der Waals surface area contributed by atoms with Crippen molar-refractivity contribution in [1.82, 2.24) is 14.5 Å². The van der Waals surface area contributed by atoms with Crippen LogP contribution in [0.1, 0.15) is 38.8 Å². The Balaban J connectivity index is 1.86. The number of amides is 2. The first kappa shape index (κ1) is 25.7. The third-order valence-corrected chi connectivity index (χ3v) is 7.65. The Morgan fingerprint density at radius 1 is 1.09 bits per heavy atom. The maximum Gasteiger partial charge on any atom is 0.247 e. The molecule has 1 aliphatic rings. The van der Waals surface area contributed by atoms with Crippen LogP contribution in [0.3, 0.4) is 0 Å². The first-order valence-corrected chi connectivity index (χ1v) is 13.0. The van der Waals surface area contributed by atoms with Gasteiger partial charge in [0.15, 0.2) is 0 Å². The van der Waals surface area contributed by atoms with Crippen molar-refractivity contribution in [2.24, 2.45) is 0 Å². The predicted molar refractivity (Wildman–Crippen MR) is 130 cm³/mol. The standard InChI is InChI=1S/C25H33N3O5S/c1-5-34(31,32)27-17-23(29)28(16-21-11-13-22(14-12-21)33-19(2)3)25(4,18-27)24(30)26-15-20-9-7-6-8-10-20/h6-14,19H,5,15-18H2,1-4H3,(H,26,30). The summed E-state index contributed by atoms with van der Waals surface area (Å²) in [6, 6.07) is 16.8. The second kappa shape index (κ2) is 10.6. The summed E-state index contributed by atoms with van der Waals surface area (Å²) in [7, 11) is -3.65. The van der Waals surface area contributed by atoms with Gasteiger partial charge in [0.05, 0.1) is 18.4 Å². The molecule has 3 rings (SSSR count). The topological polar surface area (TPSA) is 96.0 Å². The lowest BCUT2D eigenvalue weighted by Gasteiger charge is -2.46. The van der Waals surface area contributed by atoms with Crippen molar-refractivity contribution in [3.63, 3.8) is 0 Å². The van der Waals surface area contributed by atoms with Gasteiger partial charge >= 0.3 is 0 Å². The second-order valence-corrected chi connectivity index (χ2v) is 11.2. The fraction of sp³-hybridized carbons (Fsp3) is 0.440. The molecule has 1 atom stereocenters. The van der Waals surface area contributed by atoms with Crippen molar-refractivity contribution < 1.29 is 22.7 Å². The number of nitrogens with zero attached hydrogens (tertiary/aromatic N) is 2. The highest BCUT2D eigenvalue weighted by atomic mass is 32.2. The zero-order valence-corrected chi connectivity index (χ0v) is 21.0. The molecule has 2 amide bonds. The Kier molecular flexibility index (Phi) is 7.99. The van der Waals surface area contributed by atoms with Gasteiger partial charge in [-0.15, -0.1) is 0 Å². The van der Waals surface area contributed by atoms with Crippen LogP contribution in [0.2, 0.25) is 0 Å². The van der Waals surface area contributed by atoms with Crippen molar-refractivity contribution >= 4 is 21.8 Å². The monoisotopic (exact) mass is 487 g/mol. The van der Waals surface area contributed by atoms with E-state index < -0.39 is 27.4 Å². The van der Waals surface area contributed by atoms with E-state index in [4.69, 9.17) is 4.74 Å². The van der Waals surface area contributed by atoms with Crippen LogP contribution < -0.4 is 10.1 Å². The summed E-state index contributed by atoms with van der Waals surface area (Å²) >= 11 is 0. The van der Waals surface area contributed by atoms with E-state index in [1.165, 1.54) is 11.8 Å². The smallest absolute Gasteiger partial charge is 0.247 e. The number of hydrogen-bond acceptors (Lipinski definition) is 5. The highest BCUT2D eigenvalue weighted by Gasteiger charge is 2.49. The molecule has 8 nitrogen and oxygen atoms in total. The maximum atomic E-state index is 13.4. The van der Waals surface area contributed by atoms with Gasteiger partial charge in [-0.2, -0.15) is 4.31 Å². The number of nitrogens with one attached hydrogen (secondary N) is 1. The molecule has 1 unspecified atom stereocenters. The average molecular weight is 488 g/mol. The molecule has 9 heteroatoms. The van der Waals surface area contributed by atoms with Crippen LogP contribution in [0.5, 0.6) is 5.75 Å². The highest BCUT2D eigenvalue weighted by Crippen LogP contribution is 2.28. The van der Waals surface area contributed by atoms with Crippen molar-refractivity contribution in [1.29, 1.82) is 0 Å². The zero-order valence-electron chi connectivity index (χ0n) is 20.2. The Bertz CT molecular complexity index is 1100. The first-order chi connectivity index (χ1) is 16.0. The third kappa shape index (κ3) is 5.95. The van der Waals surface area contributed by atoms with Crippen LogP contribution >= 0.6 is 0 Å². The van der Waals surface area contributed by atoms with Crippen LogP contribution in [-0.2, 0) is 32.7 Å². The summed E-state index contributed by atoms with van der Waals surface area (Å²) in [5.41, 5.74) is 0.352. The Morgan fingerprint density at radius 3 is 2.32 bits per heavy atom. The lowest BCUT2D eigenvalue weighted by molar-refractivity contribution is -0.153. The molecule has 184 valence electrons. The molecule has 2 aromatic rings. The van der Waals surface area contributed by atoms with Crippen molar-refractivity contribution in [2.75, 3.05) is 18.8 Å². The van der Waals surface area contributed by atoms with Crippen molar-refractivity contribution in [3.05, 3.63) is 65.7 Å². The molecular weight excluding hydrogens is 454 g/mol. The number of hydrogen-bond donors (Lipinski definition) is 1. The van der Waals surface area contributed by atoms with Crippen molar-refractivity contribution in [3.8, 4) is 5.75 Å². The number of carbonyl (C=O) groups is 2. The molecule has 1 saturated heterocycles. The van der Waals surface area contributed by atoms with Gasteiger partial charge in [-0.05, 0) is 51.0 Å². The lowest BCUT2D eigenvalue weighted by atomic mass is 9.94. The van der Waals surface area contributed by atoms with Gasteiger partial charge in [0.2, 0.25) is 21.8 Å². The summed E-state index contributed by atoms with van der Waals surface area (Å²) in [6.07, 6.45) is 0.0395. The van der Waals surface area contributed by atoms with Gasteiger partial charge in [-0.3, -0.25) is 9.59 Å². The molecule has 0 spiro atoms. The van der Waals surface area contributed by atoms with Crippen molar-refractivity contribution in [2.45, 2.75) is 52.4 Å². The van der Waals surface area contributed by atoms with Crippen LogP contribution in [0.15, 0.2) is 54.6 Å². The van der Waals surface area contributed by atoms with E-state index in [0.29, 0.717) is 5.75 Å². The largest absolute Gasteiger partial charge is 0.491 e. The molecule has 0 aromatic heterocycles. The second-order valence-electron chi connectivity index (χ2n) is 8.90. The summed E-state index contributed by atoms with van der Waals surface area (Å²) in [5, 5.41) is 2.89. The summed E-state index contributed by atoms with van der Waals surface area (Å²) in [6.45, 7) is 7.09. The molecule has 1 heterocycles. The highest BCUT2D eigenvalue weighted by molar-refractivity contribution is 7.89. The Labute approximate surface area is 201 Å². The SMILES string of the molecule is CCS(=O)(=O)N1CC(=O)N(Cc2ccc(OC(C)C)cc2)C(C)(C(=O)NCc2ccccc2)C1. The van der Waals surface area contributed by atoms with Crippen LogP contribution in [0.25, 0.3) is 0 Å². The minimum Gasteiger partial charge on any atom is -0.491 e. The molecule has 1 aliphatic heterocycles. The Hall–Kier alpha value is -2.91. The minimum absolute atomic E-state index is 0.0395. The van der Waals surface area contributed by atoms with Crippen LogP contribution in [-0.4, -0.2) is 59.9 Å². The van der Waals surface area contributed by atoms with E-state index in [9.17, 15) is 18.0 Å². The fourth-order valence-electron chi connectivity index (χ4n) is 3.93. The summed E-state index contributed by atoms with van der Waals surface area (Å²) < 4.78 is 32.0. The van der Waals surface area contributed by atoms with Gasteiger partial charge < -0.3 is 15.0 Å². The molecule has 0 aliphatic carbocycles. The number of ether oxygens (including phenoxy) is 1. The molecule has 0 bridgehead atoms. The number of benzene rings is 2. The number of carbonyl (C=O) groups excluding carboxylic acids is 2. The normalized spacial score (nSPS) is 19.3. The molecule has 34 heavy (non-hydrogen) atoms. The Morgan fingerprint density at radius 2 is 1.74 bits per heavy atom. The van der Waals surface area contributed by atoms with Crippen LogP contribution in [0.4, 0.5) is 0 Å². The minimum atomic E-state index is -3.65. The number of rotatable bonds is 9. The van der Waals surface area contributed by atoms with Gasteiger partial charge in [0, 0.05) is 19.6 Å². The average Bonchev–Trinajstić information content (AvgIpc) is 2.81. The van der Waals surface area contributed by atoms with Gasteiger partial charge in [0.1, 0.15) is 11.3 Å². The quantitative estimate of drug-likeness (QED) is 0.587. The van der Waals surface area contributed by atoms with E-state index in [1.54, 1.807) is 6.92 Å². The molecule has 0 radical (unpaired) electrons. The molecular formula is C25H33N3O5S. The van der Waals surface area contributed by atoms with Gasteiger partial charge in [-0.1, -0.05) is 42.5 Å². The van der Waals surface area contributed by atoms with E-state index in [2.05, 4.69) is 5.32 Å². The summed E-state index contributed by atoms with van der Waals surface area (Å²) in [4.78, 5) is 28.1. The summed E-state index contributed by atoms with van der Waals surface area (Å²) in [5.74, 6) is -0.241. The number of sulfonamides is 1. The molecule has 1 fully saturated rings. The third-order valence-electron chi connectivity index (χ3n) is 5.87. The first-order valence-electron chi connectivity index (χ1n) is 11.4. The van der Waals surface area contributed by atoms with E-state index in [1.807, 2.05) is 68.4 Å². The van der Waals surface area contributed by atoms with Gasteiger partial charge in [0.25, 0.3) is 0 Å². The molecule has 2 aromatic carbocycles. The van der Waals surface area contributed by atoms with E-state index >= 15 is 0 Å². The maximum absolute atomic E-state index is 13.4. The zero-order chi connectivity index (χ0) is 24.9.